The molecular formula is C34H42N4O3. The smallest absolute Gasteiger partial charge is 0.254 e. The van der Waals surface area contributed by atoms with E-state index >= 15 is 0 Å². The summed E-state index contributed by atoms with van der Waals surface area (Å²) in [6, 6.07) is 26.0. The monoisotopic (exact) mass is 554 g/mol. The van der Waals surface area contributed by atoms with Crippen LogP contribution in [0.15, 0.2) is 78.9 Å². The number of likely N-dealkylation sites (tertiary alicyclic amines) is 1. The molecule has 216 valence electrons. The van der Waals surface area contributed by atoms with Crippen molar-refractivity contribution in [1.29, 1.82) is 0 Å². The van der Waals surface area contributed by atoms with Crippen LogP contribution in [-0.4, -0.2) is 85.0 Å². The molecular weight excluding hydrogens is 512 g/mol. The van der Waals surface area contributed by atoms with Crippen LogP contribution in [-0.2, 0) is 17.8 Å². The highest BCUT2D eigenvalue weighted by molar-refractivity contribution is 5.98. The van der Waals surface area contributed by atoms with Crippen LogP contribution in [0, 0.1) is 6.92 Å². The first-order valence-corrected chi connectivity index (χ1v) is 14.8. The quantitative estimate of drug-likeness (QED) is 0.431. The summed E-state index contributed by atoms with van der Waals surface area (Å²) in [5.41, 5.74) is 4.31. The normalized spacial score (nSPS) is 19.3. The van der Waals surface area contributed by atoms with Crippen LogP contribution in [0.25, 0.3) is 0 Å². The van der Waals surface area contributed by atoms with E-state index in [9.17, 15) is 9.59 Å². The van der Waals surface area contributed by atoms with Gasteiger partial charge in [-0.15, -0.1) is 0 Å². The Hall–Kier alpha value is -3.68. The number of nitrogens with one attached hydrogen (secondary N) is 1. The number of carbonyl (C=O) groups is 2. The first-order valence-electron chi connectivity index (χ1n) is 14.8. The number of nitrogens with zero attached hydrogens (tertiary/aromatic N) is 3. The molecule has 0 spiro atoms. The van der Waals surface area contributed by atoms with Gasteiger partial charge >= 0.3 is 0 Å². The van der Waals surface area contributed by atoms with E-state index in [2.05, 4.69) is 65.7 Å². The van der Waals surface area contributed by atoms with Crippen molar-refractivity contribution in [3.05, 3.63) is 101 Å². The molecule has 2 unspecified atom stereocenters. The molecule has 0 aromatic heterocycles. The van der Waals surface area contributed by atoms with Crippen molar-refractivity contribution in [2.24, 2.45) is 0 Å². The van der Waals surface area contributed by atoms with Crippen molar-refractivity contribution >= 4 is 11.8 Å². The van der Waals surface area contributed by atoms with Gasteiger partial charge in [0.25, 0.3) is 5.91 Å². The van der Waals surface area contributed by atoms with E-state index in [1.165, 1.54) is 16.7 Å². The van der Waals surface area contributed by atoms with Gasteiger partial charge in [0.1, 0.15) is 11.8 Å². The molecule has 0 aliphatic carbocycles. The van der Waals surface area contributed by atoms with Crippen LogP contribution in [0.4, 0.5) is 0 Å². The maximum Gasteiger partial charge on any atom is 0.254 e. The second-order valence-electron chi connectivity index (χ2n) is 11.2. The van der Waals surface area contributed by atoms with E-state index < -0.39 is 6.04 Å². The van der Waals surface area contributed by atoms with Crippen LogP contribution < -0.4 is 10.1 Å². The summed E-state index contributed by atoms with van der Waals surface area (Å²) in [4.78, 5) is 34.3. The standard InChI is InChI=1S/C34H42N4O3/c1-26-12-14-28(15-13-26)24-37(20-16-27-8-4-3-5-9-27)30-23-32(34(40)36-19-7-17-35-18-21-36)38(25-30)33(39)29-10-6-11-31(22-29)41-2/h3-6,8-15,22,30,32,35H,7,16-21,23-25H2,1-2H3. The number of methoxy groups -OCH3 is 1. The van der Waals surface area contributed by atoms with Crippen LogP contribution in [0.2, 0.25) is 0 Å². The maximum absolute atomic E-state index is 14.0. The molecule has 2 atom stereocenters. The largest absolute Gasteiger partial charge is 0.497 e. The van der Waals surface area contributed by atoms with Crippen molar-refractivity contribution in [3.63, 3.8) is 0 Å². The van der Waals surface area contributed by atoms with E-state index in [-0.39, 0.29) is 17.9 Å². The van der Waals surface area contributed by atoms with Gasteiger partial charge in [-0.1, -0.05) is 66.2 Å². The summed E-state index contributed by atoms with van der Waals surface area (Å²) in [7, 11) is 1.60. The molecule has 2 heterocycles. The Balaban J connectivity index is 1.42. The number of amides is 2. The summed E-state index contributed by atoms with van der Waals surface area (Å²) in [6.07, 6.45) is 2.45. The average Bonchev–Trinajstić information content (AvgIpc) is 3.27. The Kier molecular flexibility index (Phi) is 9.70. The van der Waals surface area contributed by atoms with Gasteiger partial charge in [0, 0.05) is 50.9 Å². The SMILES string of the molecule is COc1cccc(C(=O)N2CC(N(CCc3ccccc3)Cc3ccc(C)cc3)CC2C(=O)N2CCCNCC2)c1. The maximum atomic E-state index is 14.0. The van der Waals surface area contributed by atoms with Gasteiger partial charge in [0.15, 0.2) is 0 Å². The lowest BCUT2D eigenvalue weighted by molar-refractivity contribution is -0.135. The summed E-state index contributed by atoms with van der Waals surface area (Å²) in [6.45, 7) is 7.31. The number of benzene rings is 3. The molecule has 2 amide bonds. The Bertz CT molecular complexity index is 1290. The second-order valence-corrected chi connectivity index (χ2v) is 11.2. The number of ether oxygens (including phenoxy) is 1. The molecule has 5 rings (SSSR count). The molecule has 7 nitrogen and oxygen atoms in total. The van der Waals surface area contributed by atoms with E-state index in [1.54, 1.807) is 13.2 Å². The zero-order valence-corrected chi connectivity index (χ0v) is 24.3. The van der Waals surface area contributed by atoms with E-state index in [0.29, 0.717) is 30.8 Å². The van der Waals surface area contributed by atoms with E-state index in [1.807, 2.05) is 34.1 Å². The summed E-state index contributed by atoms with van der Waals surface area (Å²) in [5.74, 6) is 0.582. The molecule has 0 bridgehead atoms. The number of carbonyl (C=O) groups excluding carboxylic acids is 2. The van der Waals surface area contributed by atoms with Gasteiger partial charge < -0.3 is 19.9 Å². The Morgan fingerprint density at radius 1 is 0.951 bits per heavy atom. The molecule has 7 heteroatoms. The Morgan fingerprint density at radius 3 is 2.54 bits per heavy atom. The van der Waals surface area contributed by atoms with Gasteiger partial charge in [0.05, 0.1) is 7.11 Å². The average molecular weight is 555 g/mol. The predicted octanol–water partition coefficient (Wildman–Crippen LogP) is 4.15. The van der Waals surface area contributed by atoms with Gasteiger partial charge in [-0.25, -0.2) is 0 Å². The molecule has 2 fully saturated rings. The molecule has 3 aromatic rings. The third kappa shape index (κ3) is 7.34. The molecule has 0 saturated carbocycles. The van der Waals surface area contributed by atoms with E-state index in [4.69, 9.17) is 4.74 Å². The van der Waals surface area contributed by atoms with Crippen LogP contribution in [0.5, 0.6) is 5.75 Å². The number of rotatable bonds is 9. The summed E-state index contributed by atoms with van der Waals surface area (Å²) >= 11 is 0. The van der Waals surface area contributed by atoms with E-state index in [0.717, 1.165) is 45.6 Å². The molecule has 41 heavy (non-hydrogen) atoms. The lowest BCUT2D eigenvalue weighted by Gasteiger charge is -2.29. The number of hydrogen-bond donors (Lipinski definition) is 1. The van der Waals surface area contributed by atoms with Gasteiger partial charge in [-0.2, -0.15) is 0 Å². The fourth-order valence-electron chi connectivity index (χ4n) is 5.97. The number of aryl methyl sites for hydroxylation is 1. The van der Waals surface area contributed by atoms with Crippen LogP contribution >= 0.6 is 0 Å². The molecule has 3 aromatic carbocycles. The van der Waals surface area contributed by atoms with Crippen molar-refractivity contribution in [3.8, 4) is 5.75 Å². The zero-order chi connectivity index (χ0) is 28.6. The van der Waals surface area contributed by atoms with Crippen molar-refractivity contribution in [1.82, 2.24) is 20.0 Å². The third-order valence-corrected chi connectivity index (χ3v) is 8.35. The minimum Gasteiger partial charge on any atom is -0.497 e. The topological polar surface area (TPSA) is 65.1 Å². The van der Waals surface area contributed by atoms with Crippen molar-refractivity contribution in [2.45, 2.75) is 44.8 Å². The number of hydrogen-bond acceptors (Lipinski definition) is 5. The highest BCUT2D eigenvalue weighted by Gasteiger charge is 2.43. The highest BCUT2D eigenvalue weighted by atomic mass is 16.5. The highest BCUT2D eigenvalue weighted by Crippen LogP contribution is 2.28. The van der Waals surface area contributed by atoms with Gasteiger partial charge in [0.2, 0.25) is 5.91 Å². The lowest BCUT2D eigenvalue weighted by atomic mass is 10.1. The first kappa shape index (κ1) is 28.8. The fourth-order valence-corrected chi connectivity index (χ4v) is 5.97. The molecule has 2 aliphatic rings. The Morgan fingerprint density at radius 2 is 1.76 bits per heavy atom. The minimum absolute atomic E-state index is 0.0609. The fraction of sp³-hybridized carbons (Fsp3) is 0.412. The van der Waals surface area contributed by atoms with Crippen LogP contribution in [0.1, 0.15) is 39.9 Å². The molecule has 0 radical (unpaired) electrons. The van der Waals surface area contributed by atoms with Crippen LogP contribution in [0.3, 0.4) is 0 Å². The zero-order valence-electron chi connectivity index (χ0n) is 24.3. The predicted molar refractivity (Wildman–Crippen MR) is 162 cm³/mol. The van der Waals surface area contributed by atoms with Gasteiger partial charge in [-0.3, -0.25) is 14.5 Å². The molecule has 2 saturated heterocycles. The molecule has 2 aliphatic heterocycles. The van der Waals surface area contributed by atoms with Gasteiger partial charge in [-0.05, 0) is 62.1 Å². The lowest BCUT2D eigenvalue weighted by Crippen LogP contribution is -2.48. The first-order chi connectivity index (χ1) is 20.0. The summed E-state index contributed by atoms with van der Waals surface area (Å²) < 4.78 is 5.40. The van der Waals surface area contributed by atoms with Crippen molar-refractivity contribution in [2.75, 3.05) is 46.4 Å². The minimum atomic E-state index is -0.492. The second kappa shape index (κ2) is 13.8. The third-order valence-electron chi connectivity index (χ3n) is 8.35. The van der Waals surface area contributed by atoms with Crippen molar-refractivity contribution < 1.29 is 14.3 Å². The summed E-state index contributed by atoms with van der Waals surface area (Å²) in [5, 5.41) is 3.39. The Labute approximate surface area is 244 Å². The molecule has 1 N–H and O–H groups in total.